The molecular weight excluding hydrogens is 140 g/mol. The molecule has 0 aromatic carbocycles. The molecule has 4 nitrogen and oxygen atoms in total. The molecule has 0 saturated heterocycles. The van der Waals surface area contributed by atoms with Gasteiger partial charge in [-0.15, -0.1) is 0 Å². The van der Waals surface area contributed by atoms with E-state index in [0.29, 0.717) is 0 Å². The van der Waals surface area contributed by atoms with Gasteiger partial charge in [0.25, 0.3) is 0 Å². The van der Waals surface area contributed by atoms with Crippen LogP contribution in [0.5, 0.6) is 0 Å². The van der Waals surface area contributed by atoms with Crippen LogP contribution in [-0.4, -0.2) is 27.7 Å². The highest BCUT2D eigenvalue weighted by Gasteiger charge is 2.10. The largest absolute Gasteiger partial charge is 0.277 e. The lowest BCUT2D eigenvalue weighted by atomic mass is 10.7. The maximum atomic E-state index is 10.8. The summed E-state index contributed by atoms with van der Waals surface area (Å²) in [6.07, 6.45) is 1.34. The minimum atomic E-state index is -2.83. The molecule has 0 aromatic rings. The van der Waals surface area contributed by atoms with Crippen molar-refractivity contribution in [3.63, 3.8) is 0 Å². The van der Waals surface area contributed by atoms with Crippen LogP contribution in [0.25, 0.3) is 0 Å². The molecule has 0 heterocycles. The monoisotopic (exact) mass is 152 g/mol. The van der Waals surface area contributed by atoms with Crippen LogP contribution in [0.1, 0.15) is 6.92 Å². The van der Waals surface area contributed by atoms with E-state index in [0.717, 1.165) is 4.31 Å². The van der Waals surface area contributed by atoms with E-state index in [1.807, 2.05) is 0 Å². The number of amides is 1. The maximum absolute atomic E-state index is 10.8. The van der Waals surface area contributed by atoms with Crippen LogP contribution in [-0.2, 0) is 15.1 Å². The molecule has 0 aliphatic heterocycles. The summed E-state index contributed by atoms with van der Waals surface area (Å²) in [5.74, 6) is -0.275. The Morgan fingerprint density at radius 2 is 2.00 bits per heavy atom. The second-order valence-corrected chi connectivity index (χ2v) is 4.47. The Bertz CT molecular complexity index is 162. The second-order valence-electron chi connectivity index (χ2n) is 1.99. The lowest BCUT2D eigenvalue weighted by Crippen LogP contribution is -2.42. The lowest BCUT2D eigenvalue weighted by molar-refractivity contribution is -0.123. The average Bonchev–Trinajstić information content (AvgIpc) is 1.62. The number of hydrogen-bond donors (Lipinski definition) is 2. The van der Waals surface area contributed by atoms with Gasteiger partial charge < -0.3 is 0 Å². The van der Waals surface area contributed by atoms with Crippen molar-refractivity contribution in [2.24, 2.45) is 5.14 Å². The van der Waals surface area contributed by atoms with E-state index in [1.165, 1.54) is 20.2 Å². The Hall–Kier alpha value is -0.420. The number of carbonyl (C=O) groups is 1. The third-order valence-corrected chi connectivity index (χ3v) is 2.52. The van der Waals surface area contributed by atoms with Gasteiger partial charge in [-0.3, -0.25) is 18.4 Å². The molecule has 2 N–H and O–H groups in total. The van der Waals surface area contributed by atoms with Crippen LogP contribution in [0.3, 0.4) is 0 Å². The van der Waals surface area contributed by atoms with Crippen LogP contribution in [0.4, 0.5) is 0 Å². The SMILES string of the molecule is CC(=O)N(C)[SH](C)(N)=O. The van der Waals surface area contributed by atoms with E-state index in [-0.39, 0.29) is 5.91 Å². The highest BCUT2D eigenvalue weighted by molar-refractivity contribution is 7.98. The summed E-state index contributed by atoms with van der Waals surface area (Å²) in [5.41, 5.74) is 0. The maximum Gasteiger partial charge on any atom is 0.230 e. The Labute approximate surface area is 55.7 Å². The molecule has 0 spiro atoms. The van der Waals surface area contributed by atoms with E-state index < -0.39 is 10.3 Å². The summed E-state index contributed by atoms with van der Waals surface area (Å²) in [5, 5.41) is 5.14. The topological polar surface area (TPSA) is 63.4 Å². The molecular formula is C4H12N2O2S. The molecule has 9 heavy (non-hydrogen) atoms. The summed E-state index contributed by atoms with van der Waals surface area (Å²) in [6, 6.07) is 0. The Balaban J connectivity index is 4.23. The lowest BCUT2D eigenvalue weighted by Gasteiger charge is -2.24. The van der Waals surface area contributed by atoms with E-state index in [1.54, 1.807) is 0 Å². The van der Waals surface area contributed by atoms with Crippen molar-refractivity contribution in [1.29, 1.82) is 0 Å². The molecule has 5 heteroatoms. The summed E-state index contributed by atoms with van der Waals surface area (Å²) < 4.78 is 11.9. The van der Waals surface area contributed by atoms with Crippen LogP contribution in [0.2, 0.25) is 0 Å². The van der Waals surface area contributed by atoms with E-state index in [9.17, 15) is 9.00 Å². The number of rotatable bonds is 1. The van der Waals surface area contributed by atoms with Crippen molar-refractivity contribution in [2.75, 3.05) is 13.3 Å². The zero-order valence-electron chi connectivity index (χ0n) is 5.79. The van der Waals surface area contributed by atoms with Gasteiger partial charge in [-0.05, 0) is 0 Å². The van der Waals surface area contributed by atoms with Crippen molar-refractivity contribution in [3.05, 3.63) is 0 Å². The molecule has 0 rings (SSSR count). The molecule has 0 fully saturated rings. The molecule has 0 unspecified atom stereocenters. The molecule has 0 bridgehead atoms. The third kappa shape index (κ3) is 2.57. The van der Waals surface area contributed by atoms with Gasteiger partial charge in [-0.25, -0.2) is 0 Å². The first-order chi connectivity index (χ1) is 3.85. The van der Waals surface area contributed by atoms with Gasteiger partial charge in [0.15, 0.2) is 0 Å². The zero-order chi connectivity index (χ0) is 7.65. The summed E-state index contributed by atoms with van der Waals surface area (Å²) in [4.78, 5) is 10.5. The molecule has 0 aliphatic carbocycles. The quantitative estimate of drug-likeness (QED) is 0.468. The fraction of sp³-hybridized carbons (Fsp3) is 0.750. The predicted molar refractivity (Wildman–Crippen MR) is 38.1 cm³/mol. The van der Waals surface area contributed by atoms with Crippen molar-refractivity contribution in [3.8, 4) is 0 Å². The predicted octanol–water partition coefficient (Wildman–Crippen LogP) is -1.10. The Morgan fingerprint density at radius 1 is 1.67 bits per heavy atom. The first kappa shape index (κ1) is 8.58. The van der Waals surface area contributed by atoms with Crippen LogP contribution in [0.15, 0.2) is 0 Å². The smallest absolute Gasteiger partial charge is 0.230 e. The fourth-order valence-electron chi connectivity index (χ4n) is 0.280. The van der Waals surface area contributed by atoms with E-state index in [4.69, 9.17) is 5.14 Å². The minimum absolute atomic E-state index is 0.275. The molecule has 56 valence electrons. The number of nitrogens with zero attached hydrogens (tertiary/aromatic N) is 1. The summed E-state index contributed by atoms with van der Waals surface area (Å²) >= 11 is 0. The number of nitrogens with two attached hydrogens (primary N) is 1. The highest BCUT2D eigenvalue weighted by Crippen LogP contribution is 1.94. The second kappa shape index (κ2) is 2.45. The fourth-order valence-corrected chi connectivity index (χ4v) is 0.839. The first-order valence-electron chi connectivity index (χ1n) is 2.46. The van der Waals surface area contributed by atoms with E-state index in [2.05, 4.69) is 0 Å². The van der Waals surface area contributed by atoms with Crippen molar-refractivity contribution < 1.29 is 9.00 Å². The number of thiol groups is 1. The Kier molecular flexibility index (Phi) is 2.33. The molecule has 0 saturated carbocycles. The number of hydrogen-bond acceptors (Lipinski definition) is 2. The van der Waals surface area contributed by atoms with Gasteiger partial charge >= 0.3 is 0 Å². The van der Waals surface area contributed by atoms with Gasteiger partial charge in [-0.2, -0.15) is 0 Å². The summed E-state index contributed by atoms with van der Waals surface area (Å²) in [7, 11) is -1.41. The standard InChI is InChI=1S/C4H12N2O2S/c1-4(7)6(2)9(3,5)8/h9H,1-3H3,(H2,5,8). The van der Waals surface area contributed by atoms with Gasteiger partial charge in [-0.1, -0.05) is 0 Å². The van der Waals surface area contributed by atoms with Gasteiger partial charge in [0.2, 0.25) is 5.91 Å². The van der Waals surface area contributed by atoms with Gasteiger partial charge in [0.05, 0.1) is 0 Å². The Morgan fingerprint density at radius 3 is 2.00 bits per heavy atom. The average molecular weight is 152 g/mol. The first-order valence-corrected chi connectivity index (χ1v) is 4.64. The third-order valence-electron chi connectivity index (χ3n) is 1.05. The molecule has 0 aromatic heterocycles. The molecule has 1 amide bonds. The summed E-state index contributed by atoms with van der Waals surface area (Å²) in [6.45, 7) is 1.32. The zero-order valence-corrected chi connectivity index (χ0v) is 6.68. The van der Waals surface area contributed by atoms with Crippen molar-refractivity contribution in [1.82, 2.24) is 4.31 Å². The van der Waals surface area contributed by atoms with Crippen LogP contribution >= 0.6 is 0 Å². The highest BCUT2D eigenvalue weighted by atomic mass is 32.3. The molecule has 0 aliphatic rings. The van der Waals surface area contributed by atoms with Gasteiger partial charge in [0.1, 0.15) is 0 Å². The van der Waals surface area contributed by atoms with Gasteiger partial charge in [0, 0.05) is 30.5 Å². The minimum Gasteiger partial charge on any atom is -0.277 e. The molecule has 0 radical (unpaired) electrons. The molecule has 0 atom stereocenters. The van der Waals surface area contributed by atoms with Crippen LogP contribution < -0.4 is 5.14 Å². The van der Waals surface area contributed by atoms with Crippen LogP contribution in [0, 0.1) is 0 Å². The van der Waals surface area contributed by atoms with Crippen molar-refractivity contribution in [2.45, 2.75) is 6.92 Å². The van der Waals surface area contributed by atoms with E-state index >= 15 is 0 Å². The normalized spacial score (nSPS) is 12.9. The number of carbonyl (C=O) groups excluding carboxylic acids is 1. The van der Waals surface area contributed by atoms with Crippen molar-refractivity contribution >= 4 is 16.2 Å².